The summed E-state index contributed by atoms with van der Waals surface area (Å²) in [4.78, 5) is 4.58. The van der Waals surface area contributed by atoms with Gasteiger partial charge in [0.2, 0.25) is 5.89 Å². The highest BCUT2D eigenvalue weighted by molar-refractivity contribution is 5.42. The monoisotopic (exact) mass is 287 g/mol. The SMILES string of the molecule is CC(C)CC(CN)c1nc(C2COc3ccccc32)no1. The third-order valence-corrected chi connectivity index (χ3v) is 3.86. The molecule has 2 aromatic rings. The molecule has 5 nitrogen and oxygen atoms in total. The topological polar surface area (TPSA) is 74.2 Å². The van der Waals surface area contributed by atoms with E-state index in [0.29, 0.717) is 30.8 Å². The predicted molar refractivity (Wildman–Crippen MR) is 79.3 cm³/mol. The van der Waals surface area contributed by atoms with Crippen molar-refractivity contribution in [1.29, 1.82) is 0 Å². The first-order chi connectivity index (χ1) is 10.2. The van der Waals surface area contributed by atoms with Crippen molar-refractivity contribution in [3.05, 3.63) is 41.5 Å². The van der Waals surface area contributed by atoms with E-state index >= 15 is 0 Å². The van der Waals surface area contributed by atoms with E-state index < -0.39 is 0 Å². The molecule has 2 N–H and O–H groups in total. The van der Waals surface area contributed by atoms with Gasteiger partial charge in [-0.05, 0) is 18.4 Å². The molecule has 2 atom stereocenters. The fourth-order valence-electron chi connectivity index (χ4n) is 2.80. The van der Waals surface area contributed by atoms with Gasteiger partial charge in [-0.25, -0.2) is 0 Å². The minimum atomic E-state index is 0.0520. The molecule has 1 aromatic carbocycles. The van der Waals surface area contributed by atoms with Crippen molar-refractivity contribution in [3.8, 4) is 5.75 Å². The Hall–Kier alpha value is -1.88. The van der Waals surface area contributed by atoms with Crippen molar-refractivity contribution >= 4 is 0 Å². The molecule has 1 aliphatic rings. The molecule has 0 fully saturated rings. The third kappa shape index (κ3) is 2.78. The lowest BCUT2D eigenvalue weighted by atomic mass is 9.97. The van der Waals surface area contributed by atoms with Gasteiger partial charge in [0.05, 0.1) is 11.8 Å². The minimum Gasteiger partial charge on any atom is -0.492 e. The first-order valence-electron chi connectivity index (χ1n) is 7.44. The standard InChI is InChI=1S/C16H21N3O2/c1-10(2)7-11(8-17)16-18-15(19-21-16)13-9-20-14-6-4-3-5-12(13)14/h3-6,10-11,13H,7-9,17H2,1-2H3. The summed E-state index contributed by atoms with van der Waals surface area (Å²) in [5.41, 5.74) is 6.96. The summed E-state index contributed by atoms with van der Waals surface area (Å²) in [6.45, 7) is 5.43. The van der Waals surface area contributed by atoms with Crippen LogP contribution in [0.2, 0.25) is 0 Å². The molecule has 1 aliphatic heterocycles. The lowest BCUT2D eigenvalue weighted by molar-refractivity contribution is 0.321. The van der Waals surface area contributed by atoms with E-state index in [-0.39, 0.29) is 11.8 Å². The second-order valence-electron chi connectivity index (χ2n) is 5.95. The van der Waals surface area contributed by atoms with E-state index in [4.69, 9.17) is 15.0 Å². The number of hydrogen-bond donors (Lipinski definition) is 1. The Morgan fingerprint density at radius 2 is 2.14 bits per heavy atom. The Kier molecular flexibility index (Phi) is 3.92. The van der Waals surface area contributed by atoms with Gasteiger partial charge in [-0.1, -0.05) is 37.2 Å². The maximum atomic E-state index is 5.84. The van der Waals surface area contributed by atoms with Crippen LogP contribution >= 0.6 is 0 Å². The van der Waals surface area contributed by atoms with Crippen molar-refractivity contribution in [1.82, 2.24) is 10.1 Å². The zero-order chi connectivity index (χ0) is 14.8. The number of nitrogens with zero attached hydrogens (tertiary/aromatic N) is 2. The Morgan fingerprint density at radius 1 is 1.33 bits per heavy atom. The van der Waals surface area contributed by atoms with Crippen LogP contribution in [0, 0.1) is 5.92 Å². The van der Waals surface area contributed by atoms with Gasteiger partial charge in [0.15, 0.2) is 5.82 Å². The molecule has 3 rings (SSSR count). The van der Waals surface area contributed by atoms with E-state index in [0.717, 1.165) is 17.7 Å². The minimum absolute atomic E-state index is 0.0520. The van der Waals surface area contributed by atoms with Gasteiger partial charge in [-0.15, -0.1) is 0 Å². The summed E-state index contributed by atoms with van der Waals surface area (Å²) in [5, 5.41) is 4.15. The Morgan fingerprint density at radius 3 is 2.90 bits per heavy atom. The van der Waals surface area contributed by atoms with E-state index in [1.807, 2.05) is 18.2 Å². The molecule has 21 heavy (non-hydrogen) atoms. The van der Waals surface area contributed by atoms with Gasteiger partial charge in [-0.2, -0.15) is 4.98 Å². The summed E-state index contributed by atoms with van der Waals surface area (Å²) in [6, 6.07) is 7.99. The zero-order valence-electron chi connectivity index (χ0n) is 12.5. The lowest BCUT2D eigenvalue weighted by Gasteiger charge is -2.12. The summed E-state index contributed by atoms with van der Waals surface area (Å²) in [6.07, 6.45) is 0.954. The van der Waals surface area contributed by atoms with Crippen LogP contribution in [0.3, 0.4) is 0 Å². The molecule has 0 bridgehead atoms. The fourth-order valence-corrected chi connectivity index (χ4v) is 2.80. The second-order valence-corrected chi connectivity index (χ2v) is 5.95. The van der Waals surface area contributed by atoms with Crippen LogP contribution < -0.4 is 10.5 Å². The second kappa shape index (κ2) is 5.85. The van der Waals surface area contributed by atoms with Gasteiger partial charge in [0.25, 0.3) is 0 Å². The van der Waals surface area contributed by atoms with Crippen LogP contribution in [-0.4, -0.2) is 23.3 Å². The highest BCUT2D eigenvalue weighted by Crippen LogP contribution is 2.37. The van der Waals surface area contributed by atoms with Crippen molar-refractivity contribution in [3.63, 3.8) is 0 Å². The van der Waals surface area contributed by atoms with Gasteiger partial charge in [0.1, 0.15) is 12.4 Å². The van der Waals surface area contributed by atoms with Gasteiger partial charge in [0, 0.05) is 12.1 Å². The van der Waals surface area contributed by atoms with Crippen molar-refractivity contribution in [2.24, 2.45) is 11.7 Å². The molecular formula is C16H21N3O2. The molecular weight excluding hydrogens is 266 g/mol. The maximum Gasteiger partial charge on any atom is 0.231 e. The van der Waals surface area contributed by atoms with Crippen molar-refractivity contribution in [2.75, 3.05) is 13.2 Å². The van der Waals surface area contributed by atoms with Crippen molar-refractivity contribution < 1.29 is 9.26 Å². The van der Waals surface area contributed by atoms with E-state index in [2.05, 4.69) is 30.1 Å². The summed E-state index contributed by atoms with van der Waals surface area (Å²) < 4.78 is 11.1. The van der Waals surface area contributed by atoms with Crippen LogP contribution in [0.1, 0.15) is 49.4 Å². The van der Waals surface area contributed by atoms with Crippen LogP contribution in [0.4, 0.5) is 0 Å². The largest absolute Gasteiger partial charge is 0.492 e. The average molecular weight is 287 g/mol. The molecule has 0 radical (unpaired) electrons. The highest BCUT2D eigenvalue weighted by Gasteiger charge is 2.30. The highest BCUT2D eigenvalue weighted by atomic mass is 16.5. The first kappa shape index (κ1) is 14.1. The molecule has 1 aromatic heterocycles. The van der Waals surface area contributed by atoms with Crippen LogP contribution in [0.5, 0.6) is 5.75 Å². The Labute approximate surface area is 124 Å². The van der Waals surface area contributed by atoms with Gasteiger partial charge < -0.3 is 15.0 Å². The van der Waals surface area contributed by atoms with Crippen LogP contribution in [-0.2, 0) is 0 Å². The summed E-state index contributed by atoms with van der Waals surface area (Å²) in [7, 11) is 0. The number of benzene rings is 1. The number of para-hydroxylation sites is 1. The van der Waals surface area contributed by atoms with Gasteiger partial charge in [-0.3, -0.25) is 0 Å². The molecule has 112 valence electrons. The molecule has 0 amide bonds. The maximum absolute atomic E-state index is 5.84. The lowest BCUT2D eigenvalue weighted by Crippen LogP contribution is -2.15. The summed E-state index contributed by atoms with van der Waals surface area (Å²) in [5.74, 6) is 2.97. The smallest absolute Gasteiger partial charge is 0.231 e. The number of nitrogens with two attached hydrogens (primary N) is 1. The first-order valence-corrected chi connectivity index (χ1v) is 7.44. The predicted octanol–water partition coefficient (Wildman–Crippen LogP) is 2.68. The molecule has 0 spiro atoms. The van der Waals surface area contributed by atoms with Gasteiger partial charge >= 0.3 is 0 Å². The Balaban J connectivity index is 1.83. The number of ether oxygens (including phenoxy) is 1. The van der Waals surface area contributed by atoms with E-state index in [1.54, 1.807) is 0 Å². The number of rotatable bonds is 5. The molecule has 0 aliphatic carbocycles. The Bertz CT molecular complexity index is 609. The molecule has 2 heterocycles. The van der Waals surface area contributed by atoms with E-state index in [9.17, 15) is 0 Å². The molecule has 0 saturated carbocycles. The van der Waals surface area contributed by atoms with Crippen molar-refractivity contribution in [2.45, 2.75) is 32.1 Å². The third-order valence-electron chi connectivity index (χ3n) is 3.86. The van der Waals surface area contributed by atoms with Crippen LogP contribution in [0.25, 0.3) is 0 Å². The quantitative estimate of drug-likeness (QED) is 0.915. The molecule has 5 heteroatoms. The number of aromatic nitrogens is 2. The van der Waals surface area contributed by atoms with Crippen LogP contribution in [0.15, 0.2) is 28.8 Å². The molecule has 0 saturated heterocycles. The summed E-state index contributed by atoms with van der Waals surface area (Å²) >= 11 is 0. The molecule has 2 unspecified atom stereocenters. The fraction of sp³-hybridized carbons (Fsp3) is 0.500. The zero-order valence-corrected chi connectivity index (χ0v) is 12.5. The van der Waals surface area contributed by atoms with E-state index in [1.165, 1.54) is 0 Å². The number of hydrogen-bond acceptors (Lipinski definition) is 5. The normalized spacial score (nSPS) is 18.6. The average Bonchev–Trinajstić information content (AvgIpc) is 3.10. The number of fused-ring (bicyclic) bond motifs is 1.